The van der Waals surface area contributed by atoms with Crippen LogP contribution in [0.3, 0.4) is 0 Å². The Bertz CT molecular complexity index is 771. The topological polar surface area (TPSA) is 105 Å². The van der Waals surface area contributed by atoms with Gasteiger partial charge in [-0.15, -0.1) is 0 Å². The predicted molar refractivity (Wildman–Crippen MR) is 106 cm³/mol. The summed E-state index contributed by atoms with van der Waals surface area (Å²) in [4.78, 5) is 50.9. The first-order valence-corrected chi connectivity index (χ1v) is 11.3. The highest BCUT2D eigenvalue weighted by molar-refractivity contribution is 6.08. The van der Waals surface area contributed by atoms with Crippen LogP contribution in [0.5, 0.6) is 0 Å². The largest absolute Gasteiger partial charge is 0.451 e. The number of carbonyl (C=O) groups excluding carboxylic acids is 4. The number of imide groups is 1. The molecule has 5 saturated carbocycles. The molecule has 164 valence electrons. The third kappa shape index (κ3) is 3.28. The van der Waals surface area contributed by atoms with E-state index in [9.17, 15) is 19.2 Å². The van der Waals surface area contributed by atoms with E-state index in [0.29, 0.717) is 17.8 Å². The Morgan fingerprint density at radius 2 is 1.70 bits per heavy atom. The standard InChI is InChI=1S/C22H31N3O5/c1-12(18(27)23-22-8-13-5-14(9-22)7-15(6-13)10-22)30-17(26)11-25-19(28)21(2,16-3-4-16)24-20(25)29/h12-16H,3-11H2,1-2H3,(H,23,27)(H,24,29)/t12-,13?,14?,15?,21-,22?/m1/s1. The molecule has 8 nitrogen and oxygen atoms in total. The number of amides is 4. The maximum Gasteiger partial charge on any atom is 0.327 e. The van der Waals surface area contributed by atoms with Crippen molar-refractivity contribution in [1.82, 2.24) is 15.5 Å². The Balaban J connectivity index is 1.16. The number of hydrogen-bond donors (Lipinski definition) is 2. The molecule has 6 rings (SSSR count). The molecule has 6 aliphatic rings. The normalized spacial score (nSPS) is 40.3. The molecule has 0 spiro atoms. The van der Waals surface area contributed by atoms with Crippen molar-refractivity contribution in [2.45, 2.75) is 82.4 Å². The summed E-state index contributed by atoms with van der Waals surface area (Å²) in [5, 5.41) is 5.91. The first-order chi connectivity index (χ1) is 14.2. The Morgan fingerprint density at radius 3 is 2.23 bits per heavy atom. The minimum atomic E-state index is -0.957. The second-order valence-electron chi connectivity index (χ2n) is 10.6. The van der Waals surface area contributed by atoms with Crippen molar-refractivity contribution < 1.29 is 23.9 Å². The number of rotatable bonds is 6. The molecule has 1 heterocycles. The van der Waals surface area contributed by atoms with Gasteiger partial charge in [0, 0.05) is 5.54 Å². The second-order valence-corrected chi connectivity index (χ2v) is 10.6. The summed E-state index contributed by atoms with van der Waals surface area (Å²) >= 11 is 0. The lowest BCUT2D eigenvalue weighted by molar-refractivity contribution is -0.158. The SMILES string of the molecule is C[C@@H](OC(=O)CN1C(=O)N[C@](C)(C2CC2)C1=O)C(=O)NC12CC3CC(CC(C3)C1)C2. The van der Waals surface area contributed by atoms with E-state index >= 15 is 0 Å². The van der Waals surface area contributed by atoms with Crippen LogP contribution in [0.25, 0.3) is 0 Å². The van der Waals surface area contributed by atoms with Crippen LogP contribution in [-0.2, 0) is 19.1 Å². The van der Waals surface area contributed by atoms with Gasteiger partial charge in [-0.05, 0) is 88.9 Å². The number of carbonyl (C=O) groups is 4. The molecule has 0 unspecified atom stereocenters. The van der Waals surface area contributed by atoms with Crippen LogP contribution in [0.1, 0.15) is 65.2 Å². The maximum atomic E-state index is 12.8. The van der Waals surface area contributed by atoms with E-state index < -0.39 is 36.1 Å². The Hall–Kier alpha value is -2.12. The number of esters is 1. The molecule has 0 aromatic rings. The van der Waals surface area contributed by atoms with Gasteiger partial charge in [-0.1, -0.05) is 0 Å². The van der Waals surface area contributed by atoms with Gasteiger partial charge in [0.05, 0.1) is 0 Å². The molecule has 1 saturated heterocycles. The number of urea groups is 1. The maximum absolute atomic E-state index is 12.8. The first kappa shape index (κ1) is 19.8. The van der Waals surface area contributed by atoms with Gasteiger partial charge in [0.1, 0.15) is 12.1 Å². The zero-order chi connectivity index (χ0) is 21.3. The molecule has 0 aromatic carbocycles. The minimum Gasteiger partial charge on any atom is -0.451 e. The monoisotopic (exact) mass is 417 g/mol. The highest BCUT2D eigenvalue weighted by atomic mass is 16.5. The summed E-state index contributed by atoms with van der Waals surface area (Å²) in [6.45, 7) is 2.79. The van der Waals surface area contributed by atoms with E-state index in [1.807, 2.05) is 0 Å². The second kappa shape index (κ2) is 6.69. The Morgan fingerprint density at radius 1 is 1.13 bits per heavy atom. The van der Waals surface area contributed by atoms with Crippen LogP contribution in [0, 0.1) is 23.7 Å². The van der Waals surface area contributed by atoms with Gasteiger partial charge in [-0.2, -0.15) is 0 Å². The van der Waals surface area contributed by atoms with Gasteiger partial charge in [-0.25, -0.2) is 4.79 Å². The molecule has 6 fully saturated rings. The highest BCUT2D eigenvalue weighted by Gasteiger charge is 2.56. The van der Waals surface area contributed by atoms with Crippen LogP contribution in [0.15, 0.2) is 0 Å². The van der Waals surface area contributed by atoms with Crippen LogP contribution in [0.2, 0.25) is 0 Å². The lowest BCUT2D eigenvalue weighted by Gasteiger charge is -2.57. The fourth-order valence-corrected chi connectivity index (χ4v) is 6.84. The third-order valence-electron chi connectivity index (χ3n) is 8.09. The molecular weight excluding hydrogens is 386 g/mol. The number of nitrogens with zero attached hydrogens (tertiary/aromatic N) is 1. The Kier molecular flexibility index (Phi) is 4.42. The summed E-state index contributed by atoms with van der Waals surface area (Å²) in [6.07, 6.45) is 7.74. The summed E-state index contributed by atoms with van der Waals surface area (Å²) in [7, 11) is 0. The van der Waals surface area contributed by atoms with Crippen LogP contribution < -0.4 is 10.6 Å². The lowest BCUT2D eigenvalue weighted by Crippen LogP contribution is -2.61. The molecule has 2 atom stereocenters. The average Bonchev–Trinajstić information content (AvgIpc) is 3.46. The summed E-state index contributed by atoms with van der Waals surface area (Å²) in [5.74, 6) is 0.814. The number of ether oxygens (including phenoxy) is 1. The van der Waals surface area contributed by atoms with Crippen molar-refractivity contribution in [3.05, 3.63) is 0 Å². The zero-order valence-corrected chi connectivity index (χ0v) is 17.7. The van der Waals surface area contributed by atoms with Gasteiger partial charge in [-0.3, -0.25) is 19.3 Å². The summed E-state index contributed by atoms with van der Waals surface area (Å²) in [6, 6.07) is -0.572. The molecule has 1 aliphatic heterocycles. The number of hydrogen-bond acceptors (Lipinski definition) is 5. The van der Waals surface area contributed by atoms with Crippen molar-refractivity contribution in [3.8, 4) is 0 Å². The van der Waals surface area contributed by atoms with Crippen LogP contribution >= 0.6 is 0 Å². The van der Waals surface area contributed by atoms with Gasteiger partial charge in [0.2, 0.25) is 0 Å². The predicted octanol–water partition coefficient (Wildman–Crippen LogP) is 1.72. The first-order valence-electron chi connectivity index (χ1n) is 11.3. The molecule has 30 heavy (non-hydrogen) atoms. The van der Waals surface area contributed by atoms with Crippen LogP contribution in [0.4, 0.5) is 4.79 Å². The lowest BCUT2D eigenvalue weighted by atomic mass is 9.53. The van der Waals surface area contributed by atoms with Gasteiger partial charge < -0.3 is 15.4 Å². The van der Waals surface area contributed by atoms with Gasteiger partial charge >= 0.3 is 12.0 Å². The fourth-order valence-electron chi connectivity index (χ4n) is 6.84. The summed E-state index contributed by atoms with van der Waals surface area (Å²) < 4.78 is 5.30. The van der Waals surface area contributed by atoms with E-state index in [1.165, 1.54) is 19.3 Å². The van der Waals surface area contributed by atoms with E-state index in [-0.39, 0.29) is 17.4 Å². The van der Waals surface area contributed by atoms with E-state index in [1.54, 1.807) is 13.8 Å². The fraction of sp³-hybridized carbons (Fsp3) is 0.818. The zero-order valence-electron chi connectivity index (χ0n) is 17.7. The van der Waals surface area contributed by atoms with E-state index in [0.717, 1.165) is 37.0 Å². The van der Waals surface area contributed by atoms with Crippen molar-refractivity contribution in [2.75, 3.05) is 6.54 Å². The van der Waals surface area contributed by atoms with Gasteiger partial charge in [0.25, 0.3) is 11.8 Å². The van der Waals surface area contributed by atoms with E-state index in [2.05, 4.69) is 10.6 Å². The summed E-state index contributed by atoms with van der Waals surface area (Å²) in [5.41, 5.74) is -1.08. The molecular formula is C22H31N3O5. The third-order valence-corrected chi connectivity index (χ3v) is 8.09. The quantitative estimate of drug-likeness (QED) is 0.506. The van der Waals surface area contributed by atoms with Crippen molar-refractivity contribution in [1.29, 1.82) is 0 Å². The average molecular weight is 418 g/mol. The number of nitrogens with one attached hydrogen (secondary N) is 2. The van der Waals surface area contributed by atoms with E-state index in [4.69, 9.17) is 4.74 Å². The molecule has 0 radical (unpaired) electrons. The minimum absolute atomic E-state index is 0.125. The van der Waals surface area contributed by atoms with Crippen molar-refractivity contribution >= 4 is 23.8 Å². The molecule has 8 heteroatoms. The van der Waals surface area contributed by atoms with Crippen LogP contribution in [-0.4, -0.2) is 52.4 Å². The van der Waals surface area contributed by atoms with Crippen molar-refractivity contribution in [2.24, 2.45) is 23.7 Å². The molecule has 4 amide bonds. The molecule has 4 bridgehead atoms. The highest BCUT2D eigenvalue weighted by Crippen LogP contribution is 2.55. The molecule has 5 aliphatic carbocycles. The Labute approximate surface area is 176 Å². The smallest absolute Gasteiger partial charge is 0.327 e. The molecule has 0 aromatic heterocycles. The van der Waals surface area contributed by atoms with Crippen molar-refractivity contribution in [3.63, 3.8) is 0 Å². The molecule has 2 N–H and O–H groups in total. The van der Waals surface area contributed by atoms with Gasteiger partial charge in [0.15, 0.2) is 6.10 Å².